The van der Waals surface area contributed by atoms with Crippen molar-refractivity contribution in [1.82, 2.24) is 15.2 Å². The molecule has 0 aromatic carbocycles. The van der Waals surface area contributed by atoms with Gasteiger partial charge in [0.05, 0.1) is 12.1 Å². The van der Waals surface area contributed by atoms with Gasteiger partial charge in [0.1, 0.15) is 0 Å². The lowest BCUT2D eigenvalue weighted by molar-refractivity contribution is -0.138. The molecule has 0 radical (unpaired) electrons. The highest BCUT2D eigenvalue weighted by molar-refractivity contribution is 5.67. The number of aromatic nitrogens is 1. The minimum absolute atomic E-state index is 0.0586. The summed E-state index contributed by atoms with van der Waals surface area (Å²) < 4.78 is 0. The average Bonchev–Trinajstić information content (AvgIpc) is 2.32. The summed E-state index contributed by atoms with van der Waals surface area (Å²) in [6, 6.07) is 5.87. The van der Waals surface area contributed by atoms with E-state index < -0.39 is 5.97 Å². The molecule has 0 aliphatic carbocycles. The van der Waals surface area contributed by atoms with Crippen molar-refractivity contribution in [2.24, 2.45) is 0 Å². The maximum atomic E-state index is 10.8. The lowest BCUT2D eigenvalue weighted by Gasteiger charge is -2.35. The number of piperazine rings is 1. The van der Waals surface area contributed by atoms with Crippen LogP contribution in [0.5, 0.6) is 0 Å². The molecule has 1 unspecified atom stereocenters. The van der Waals surface area contributed by atoms with Crippen LogP contribution in [0.1, 0.15) is 12.1 Å². The van der Waals surface area contributed by atoms with Crippen LogP contribution in [-0.2, 0) is 11.3 Å². The molecule has 0 amide bonds. The number of carbonyl (C=O) groups is 1. The lowest BCUT2D eigenvalue weighted by atomic mass is 10.1. The third kappa shape index (κ3) is 3.51. The second-order valence-corrected chi connectivity index (χ2v) is 4.25. The zero-order valence-electron chi connectivity index (χ0n) is 9.67. The van der Waals surface area contributed by atoms with E-state index in [0.29, 0.717) is 0 Å². The molecule has 0 saturated carbocycles. The number of pyridine rings is 1. The zero-order chi connectivity index (χ0) is 12.1. The van der Waals surface area contributed by atoms with Crippen LogP contribution < -0.4 is 5.32 Å². The summed E-state index contributed by atoms with van der Waals surface area (Å²) in [6.07, 6.45) is 1.95. The number of carboxylic acids is 1. The number of carboxylic acid groups (broad SMARTS) is 1. The first kappa shape index (κ1) is 12.0. The van der Waals surface area contributed by atoms with Gasteiger partial charge in [-0.3, -0.25) is 14.7 Å². The predicted molar refractivity (Wildman–Crippen MR) is 63.6 cm³/mol. The van der Waals surface area contributed by atoms with Crippen LogP contribution in [0, 0.1) is 0 Å². The summed E-state index contributed by atoms with van der Waals surface area (Å²) >= 11 is 0. The van der Waals surface area contributed by atoms with E-state index in [0.717, 1.165) is 31.9 Å². The molecule has 1 atom stereocenters. The highest BCUT2D eigenvalue weighted by Crippen LogP contribution is 2.11. The van der Waals surface area contributed by atoms with Crippen LogP contribution in [0.3, 0.4) is 0 Å². The van der Waals surface area contributed by atoms with Gasteiger partial charge in [0.15, 0.2) is 0 Å². The van der Waals surface area contributed by atoms with Crippen LogP contribution in [-0.4, -0.2) is 46.6 Å². The van der Waals surface area contributed by atoms with Gasteiger partial charge in [0.2, 0.25) is 0 Å². The van der Waals surface area contributed by atoms with Crippen molar-refractivity contribution in [2.75, 3.05) is 19.6 Å². The highest BCUT2D eigenvalue weighted by Gasteiger charge is 2.24. The van der Waals surface area contributed by atoms with Gasteiger partial charge >= 0.3 is 5.97 Å². The van der Waals surface area contributed by atoms with Gasteiger partial charge in [-0.2, -0.15) is 0 Å². The SMILES string of the molecule is O=C(O)CC1CNCCN1Cc1ccccn1. The fourth-order valence-electron chi connectivity index (χ4n) is 2.11. The molecule has 0 spiro atoms. The van der Waals surface area contributed by atoms with Crippen molar-refractivity contribution in [1.29, 1.82) is 0 Å². The van der Waals surface area contributed by atoms with E-state index in [4.69, 9.17) is 5.11 Å². The van der Waals surface area contributed by atoms with Gasteiger partial charge < -0.3 is 10.4 Å². The third-order valence-corrected chi connectivity index (χ3v) is 2.97. The van der Waals surface area contributed by atoms with Gasteiger partial charge in [-0.25, -0.2) is 0 Å². The smallest absolute Gasteiger partial charge is 0.304 e. The maximum absolute atomic E-state index is 10.8. The van der Waals surface area contributed by atoms with E-state index in [1.807, 2.05) is 18.2 Å². The van der Waals surface area contributed by atoms with E-state index in [2.05, 4.69) is 15.2 Å². The van der Waals surface area contributed by atoms with E-state index in [-0.39, 0.29) is 12.5 Å². The molecular formula is C12H17N3O2. The fraction of sp³-hybridized carbons (Fsp3) is 0.500. The van der Waals surface area contributed by atoms with E-state index in [9.17, 15) is 4.79 Å². The van der Waals surface area contributed by atoms with Gasteiger partial charge in [-0.1, -0.05) is 6.07 Å². The number of aliphatic carboxylic acids is 1. The first-order chi connectivity index (χ1) is 8.25. The summed E-state index contributed by atoms with van der Waals surface area (Å²) in [5.74, 6) is -0.746. The van der Waals surface area contributed by atoms with Crippen LogP contribution >= 0.6 is 0 Å². The predicted octanol–water partition coefficient (Wildman–Crippen LogP) is 0.330. The van der Waals surface area contributed by atoms with Crippen molar-refractivity contribution in [3.63, 3.8) is 0 Å². The minimum atomic E-state index is -0.746. The van der Waals surface area contributed by atoms with Crippen LogP contribution in [0.2, 0.25) is 0 Å². The molecule has 1 saturated heterocycles. The van der Waals surface area contributed by atoms with Crippen molar-refractivity contribution >= 4 is 5.97 Å². The third-order valence-electron chi connectivity index (χ3n) is 2.97. The minimum Gasteiger partial charge on any atom is -0.481 e. The summed E-state index contributed by atoms with van der Waals surface area (Å²) in [5.41, 5.74) is 0.991. The molecule has 92 valence electrons. The summed E-state index contributed by atoms with van der Waals surface area (Å²) in [6.45, 7) is 3.23. The Bertz CT molecular complexity index is 369. The Morgan fingerprint density at radius 3 is 3.18 bits per heavy atom. The lowest BCUT2D eigenvalue weighted by Crippen LogP contribution is -2.51. The highest BCUT2D eigenvalue weighted by atomic mass is 16.4. The zero-order valence-corrected chi connectivity index (χ0v) is 9.67. The van der Waals surface area contributed by atoms with E-state index in [1.165, 1.54) is 0 Å². The maximum Gasteiger partial charge on any atom is 0.304 e. The number of rotatable bonds is 4. The fourth-order valence-corrected chi connectivity index (χ4v) is 2.11. The van der Waals surface area contributed by atoms with Crippen LogP contribution in [0.15, 0.2) is 24.4 Å². The normalized spacial score (nSPS) is 21.3. The second-order valence-electron chi connectivity index (χ2n) is 4.25. The Morgan fingerprint density at radius 2 is 2.47 bits per heavy atom. The van der Waals surface area contributed by atoms with Crippen molar-refractivity contribution in [2.45, 2.75) is 19.0 Å². The molecule has 1 aromatic heterocycles. The quantitative estimate of drug-likeness (QED) is 0.787. The first-order valence-electron chi connectivity index (χ1n) is 5.82. The molecule has 17 heavy (non-hydrogen) atoms. The second kappa shape index (κ2) is 5.75. The Balaban J connectivity index is 1.99. The number of hydrogen-bond donors (Lipinski definition) is 2. The summed E-state index contributed by atoms with van der Waals surface area (Å²) in [4.78, 5) is 17.3. The Hall–Kier alpha value is -1.46. The molecule has 1 aromatic rings. The Kier molecular flexibility index (Phi) is 4.06. The number of nitrogens with one attached hydrogen (secondary N) is 1. The van der Waals surface area contributed by atoms with Crippen molar-refractivity contribution in [3.8, 4) is 0 Å². The molecule has 0 bridgehead atoms. The largest absolute Gasteiger partial charge is 0.481 e. The molecule has 2 heterocycles. The molecule has 2 rings (SSSR count). The van der Waals surface area contributed by atoms with Crippen LogP contribution in [0.4, 0.5) is 0 Å². The average molecular weight is 235 g/mol. The van der Waals surface area contributed by atoms with E-state index in [1.54, 1.807) is 6.20 Å². The standard InChI is InChI=1S/C12H17N3O2/c16-12(17)7-11-8-13-5-6-15(11)9-10-3-1-2-4-14-10/h1-4,11,13H,5-9H2,(H,16,17). The molecular weight excluding hydrogens is 218 g/mol. The molecule has 5 nitrogen and oxygen atoms in total. The van der Waals surface area contributed by atoms with Crippen LogP contribution in [0.25, 0.3) is 0 Å². The van der Waals surface area contributed by atoms with Crippen molar-refractivity contribution in [3.05, 3.63) is 30.1 Å². The first-order valence-corrected chi connectivity index (χ1v) is 5.82. The van der Waals surface area contributed by atoms with Gasteiger partial charge in [0, 0.05) is 38.4 Å². The summed E-state index contributed by atoms with van der Waals surface area (Å²) in [7, 11) is 0. The molecule has 1 fully saturated rings. The van der Waals surface area contributed by atoms with Gasteiger partial charge in [-0.15, -0.1) is 0 Å². The number of nitrogens with zero attached hydrogens (tertiary/aromatic N) is 2. The molecule has 1 aliphatic heterocycles. The summed E-state index contributed by atoms with van der Waals surface area (Å²) in [5, 5.41) is 12.1. The van der Waals surface area contributed by atoms with Gasteiger partial charge in [-0.05, 0) is 12.1 Å². The molecule has 2 N–H and O–H groups in total. The Labute approximate surface area is 100 Å². The van der Waals surface area contributed by atoms with Crippen molar-refractivity contribution < 1.29 is 9.90 Å². The molecule has 5 heteroatoms. The monoisotopic (exact) mass is 235 g/mol. The number of hydrogen-bond acceptors (Lipinski definition) is 4. The Morgan fingerprint density at radius 1 is 1.59 bits per heavy atom. The topological polar surface area (TPSA) is 65.5 Å². The van der Waals surface area contributed by atoms with Gasteiger partial charge in [0.25, 0.3) is 0 Å². The molecule has 1 aliphatic rings. The van der Waals surface area contributed by atoms with E-state index >= 15 is 0 Å².